The molecule has 0 saturated carbocycles. The molecule has 14 heteroatoms. The molecule has 0 aromatic heterocycles. The quantitative estimate of drug-likeness (QED) is 0.224. The maximum Gasteiger partial charge on any atom is 3.00 e. The summed E-state index contributed by atoms with van der Waals surface area (Å²) in [5.74, 6) is 0. The second-order valence-corrected chi connectivity index (χ2v) is 1.05. The van der Waals surface area contributed by atoms with Crippen molar-refractivity contribution in [1.29, 1.82) is 0 Å². The Morgan fingerprint density at radius 3 is 0.824 bits per heavy atom. The molecule has 0 spiro atoms. The molecule has 0 radical (unpaired) electrons. The van der Waals surface area contributed by atoms with E-state index in [1.807, 2.05) is 0 Å². The summed E-state index contributed by atoms with van der Waals surface area (Å²) in [6, 6.07) is 0. The average Bonchev–Trinajstić information content (AvgIpc) is 2.19. The van der Waals surface area contributed by atoms with E-state index in [2.05, 4.69) is 14.7 Å². The largest absolute Gasteiger partial charge is 3.00 e. The minimum atomic E-state index is -1.80. The van der Waals surface area contributed by atoms with Gasteiger partial charge in [-0.2, -0.15) is 0 Å². The standard InChI is InChI=1S/3CH2O4.Al.Ca.2H/c3*2-1(3)5-4;;;;/h3*4H,(H,2,3);;;;/q;;;+3;+2;2*-1/p-3. The van der Waals surface area contributed by atoms with Gasteiger partial charge in [0.05, 0.1) is 0 Å². The first kappa shape index (κ1) is 30.0. The van der Waals surface area contributed by atoms with Gasteiger partial charge in [0.15, 0.2) is 0 Å². The van der Waals surface area contributed by atoms with Gasteiger partial charge in [0.25, 0.3) is 0 Å². The Hall–Kier alpha value is -0.518. The fraction of sp³-hybridized carbons (Fsp3) is 0. The molecule has 0 amide bonds. The van der Waals surface area contributed by atoms with Crippen molar-refractivity contribution in [3.8, 4) is 0 Å². The number of carbonyl (C=O) groups is 3. The summed E-state index contributed by atoms with van der Waals surface area (Å²) < 4.78 is 0. The summed E-state index contributed by atoms with van der Waals surface area (Å²) in [6.45, 7) is 0. The fourth-order valence-electron chi connectivity index (χ4n) is 0. The van der Waals surface area contributed by atoms with Crippen LogP contribution < -0.4 is 15.8 Å². The summed E-state index contributed by atoms with van der Waals surface area (Å²) >= 11 is 0. The molecule has 0 aromatic carbocycles. The molecule has 0 aliphatic heterocycles. The summed E-state index contributed by atoms with van der Waals surface area (Å²) in [6.07, 6.45) is -5.40. The Labute approximate surface area is 136 Å². The second-order valence-electron chi connectivity index (χ2n) is 1.05. The van der Waals surface area contributed by atoms with Crippen LogP contribution in [-0.2, 0) is 14.7 Å². The van der Waals surface area contributed by atoms with Gasteiger partial charge in [-0.25, -0.2) is 14.4 Å². The summed E-state index contributed by atoms with van der Waals surface area (Å²) in [5, 5.41) is 47.2. The third-order valence-electron chi connectivity index (χ3n) is 0.214. The maximum absolute atomic E-state index is 8.83. The molecule has 3 N–H and O–H groups in total. The van der Waals surface area contributed by atoms with E-state index in [9.17, 15) is 0 Å². The first-order valence-electron chi connectivity index (χ1n) is 2.40. The Kier molecular flexibility index (Phi) is 43.4. The van der Waals surface area contributed by atoms with E-state index in [4.69, 9.17) is 45.5 Å². The van der Waals surface area contributed by atoms with E-state index in [-0.39, 0.29) is 58.0 Å². The zero-order chi connectivity index (χ0) is 12.9. The average molecular weight is 300 g/mol. The van der Waals surface area contributed by atoms with Crippen molar-refractivity contribution in [2.75, 3.05) is 0 Å². The van der Waals surface area contributed by atoms with Crippen LogP contribution in [0.4, 0.5) is 14.4 Å². The Morgan fingerprint density at radius 2 is 0.824 bits per heavy atom. The van der Waals surface area contributed by atoms with Gasteiger partial charge in [0, 0.05) is 0 Å². The summed E-state index contributed by atoms with van der Waals surface area (Å²) in [7, 11) is 0. The zero-order valence-electron chi connectivity index (χ0n) is 9.80. The maximum atomic E-state index is 8.83. The van der Waals surface area contributed by atoms with E-state index >= 15 is 0 Å². The van der Waals surface area contributed by atoms with Gasteiger partial charge in [-0.1, -0.05) is 0 Å². The van der Waals surface area contributed by atoms with Gasteiger partial charge in [-0.15, -0.1) is 0 Å². The number of carboxylic acid groups (broad SMARTS) is 3. The summed E-state index contributed by atoms with van der Waals surface area (Å²) in [4.78, 5) is 33.8. The molecular formula is C3H5AlCaO12. The van der Waals surface area contributed by atoms with Crippen LogP contribution in [0.25, 0.3) is 0 Å². The molecule has 12 nitrogen and oxygen atoms in total. The van der Waals surface area contributed by atoms with Crippen LogP contribution in [0.5, 0.6) is 0 Å². The molecule has 0 unspecified atom stereocenters. The molecule has 0 aromatic rings. The molecule has 0 aliphatic carbocycles. The molecule has 94 valence electrons. The van der Waals surface area contributed by atoms with Gasteiger partial charge in [0.2, 0.25) is 0 Å². The van der Waals surface area contributed by atoms with Crippen molar-refractivity contribution < 1.29 is 63.0 Å². The van der Waals surface area contributed by atoms with E-state index in [1.165, 1.54) is 0 Å². The third-order valence-corrected chi connectivity index (χ3v) is 0.214. The van der Waals surface area contributed by atoms with E-state index in [1.54, 1.807) is 0 Å². The first-order chi connectivity index (χ1) is 6.81. The van der Waals surface area contributed by atoms with Gasteiger partial charge in [0.1, 0.15) is 0 Å². The minimum absolute atomic E-state index is 0. The molecule has 0 heterocycles. The summed E-state index contributed by atoms with van der Waals surface area (Å²) in [5.41, 5.74) is 0. The van der Waals surface area contributed by atoms with Crippen molar-refractivity contribution in [1.82, 2.24) is 0 Å². The molecule has 17 heavy (non-hydrogen) atoms. The van der Waals surface area contributed by atoms with Crippen molar-refractivity contribution in [3.05, 3.63) is 0 Å². The predicted octanol–water partition coefficient (Wildman–Crippen LogP) is -3.67. The van der Waals surface area contributed by atoms with Crippen LogP contribution in [0.3, 0.4) is 0 Å². The monoisotopic (exact) mass is 300 g/mol. The Bertz CT molecular complexity index is 170. The smallest absolute Gasteiger partial charge is 1.00 e. The van der Waals surface area contributed by atoms with E-state index in [0.717, 1.165) is 0 Å². The number of rotatable bonds is 0. The molecule has 0 aliphatic rings. The van der Waals surface area contributed by atoms with Crippen molar-refractivity contribution in [2.24, 2.45) is 0 Å². The normalized spacial score (nSPS) is 5.82. The molecule has 0 bridgehead atoms. The Balaban J connectivity index is -0.0000000206. The van der Waals surface area contributed by atoms with Crippen LogP contribution in [0.1, 0.15) is 2.85 Å². The van der Waals surface area contributed by atoms with Crippen LogP contribution in [0, 0.1) is 0 Å². The second kappa shape index (κ2) is 24.6. The fourth-order valence-corrected chi connectivity index (χ4v) is 0. The van der Waals surface area contributed by atoms with Crippen molar-refractivity contribution >= 4 is 73.6 Å². The minimum Gasteiger partial charge on any atom is -1.00 e. The third kappa shape index (κ3) is 93.6. The van der Waals surface area contributed by atoms with Crippen molar-refractivity contribution in [2.45, 2.75) is 0 Å². The predicted molar refractivity (Wildman–Crippen MR) is 41.1 cm³/mol. The zero-order valence-corrected chi connectivity index (χ0v) is 11.2. The van der Waals surface area contributed by atoms with Gasteiger partial charge >= 0.3 is 73.6 Å². The first-order valence-corrected chi connectivity index (χ1v) is 2.40. The van der Waals surface area contributed by atoms with Gasteiger partial charge in [-0.3, -0.25) is 0 Å². The van der Waals surface area contributed by atoms with Gasteiger partial charge in [-0.05, 0) is 0 Å². The number of hydrogen-bond acceptors (Lipinski definition) is 9. The number of hydrogen-bond donors (Lipinski definition) is 3. The van der Waals surface area contributed by atoms with Crippen LogP contribution in [0.2, 0.25) is 0 Å². The topological polar surface area (TPSA) is 209 Å². The molecule has 0 saturated heterocycles. The van der Waals surface area contributed by atoms with Crippen molar-refractivity contribution in [3.63, 3.8) is 0 Å². The molecule has 0 atom stereocenters. The van der Waals surface area contributed by atoms with Crippen LogP contribution in [-0.4, -0.2) is 88.9 Å². The van der Waals surface area contributed by atoms with Crippen LogP contribution in [0.15, 0.2) is 0 Å². The molecule has 0 rings (SSSR count). The molecule has 0 fully saturated rings. The van der Waals surface area contributed by atoms with E-state index < -0.39 is 18.5 Å². The SMILES string of the molecule is O=C(O)O[O-].O=C(O)O[O-].O=C(O)O[O-].[Al+3].[Ca+2].[H-].[H-]. The van der Waals surface area contributed by atoms with E-state index in [0.29, 0.717) is 0 Å². The Morgan fingerprint density at radius 1 is 0.765 bits per heavy atom. The van der Waals surface area contributed by atoms with Gasteiger partial charge < -0.3 is 48.6 Å². The van der Waals surface area contributed by atoms with Crippen LogP contribution >= 0.6 is 0 Å². The molecular weight excluding hydrogens is 295 g/mol.